The summed E-state index contributed by atoms with van der Waals surface area (Å²) in [6.07, 6.45) is 3.45. The maximum atomic E-state index is 13.0. The van der Waals surface area contributed by atoms with Gasteiger partial charge in [-0.05, 0) is 55.9 Å². The summed E-state index contributed by atoms with van der Waals surface area (Å²) in [6, 6.07) is 6.68. The minimum Gasteiger partial charge on any atom is -0.262 e. The topological polar surface area (TPSA) is 12.4 Å². The predicted molar refractivity (Wildman–Crippen MR) is 85.6 cm³/mol. The molecule has 108 valence electrons. The number of allylic oxidation sites excluding steroid dienone is 2. The Morgan fingerprint density at radius 3 is 2.40 bits per heavy atom. The third-order valence-corrected chi connectivity index (χ3v) is 3.84. The van der Waals surface area contributed by atoms with Gasteiger partial charge in [0.2, 0.25) is 0 Å². The molecule has 0 bridgehead atoms. The summed E-state index contributed by atoms with van der Waals surface area (Å²) in [5, 5.41) is 0. The molecule has 20 heavy (non-hydrogen) atoms. The van der Waals surface area contributed by atoms with Gasteiger partial charge in [-0.1, -0.05) is 38.1 Å². The number of benzene rings is 1. The van der Waals surface area contributed by atoms with Crippen LogP contribution in [0, 0.1) is 11.7 Å². The second kappa shape index (κ2) is 7.78. The van der Waals surface area contributed by atoms with E-state index < -0.39 is 0 Å². The third kappa shape index (κ3) is 4.44. The summed E-state index contributed by atoms with van der Waals surface area (Å²) in [5.41, 5.74) is 4.66. The van der Waals surface area contributed by atoms with E-state index in [1.165, 1.54) is 23.3 Å². The van der Waals surface area contributed by atoms with E-state index in [4.69, 9.17) is 0 Å². The molecule has 0 spiro atoms. The fourth-order valence-corrected chi connectivity index (χ4v) is 2.18. The molecule has 0 aromatic heterocycles. The number of halogens is 1. The third-order valence-electron chi connectivity index (χ3n) is 3.84. The van der Waals surface area contributed by atoms with Crippen molar-refractivity contribution in [2.45, 2.75) is 40.5 Å². The van der Waals surface area contributed by atoms with Crippen LogP contribution in [-0.4, -0.2) is 5.71 Å². The first-order chi connectivity index (χ1) is 9.49. The van der Waals surface area contributed by atoms with Crippen molar-refractivity contribution in [3.8, 4) is 0 Å². The molecule has 1 unspecified atom stereocenters. The van der Waals surface area contributed by atoms with Crippen LogP contribution in [0.2, 0.25) is 0 Å². The highest BCUT2D eigenvalue weighted by Gasteiger charge is 2.12. The molecule has 0 N–H and O–H groups in total. The lowest BCUT2D eigenvalue weighted by Gasteiger charge is -2.17. The van der Waals surface area contributed by atoms with Crippen LogP contribution in [0.15, 0.2) is 53.2 Å². The van der Waals surface area contributed by atoms with Gasteiger partial charge in [0.25, 0.3) is 0 Å². The van der Waals surface area contributed by atoms with E-state index >= 15 is 0 Å². The summed E-state index contributed by atoms with van der Waals surface area (Å²) >= 11 is 0. The van der Waals surface area contributed by atoms with Gasteiger partial charge in [0, 0.05) is 11.9 Å². The molecule has 1 aromatic rings. The van der Waals surface area contributed by atoms with E-state index in [-0.39, 0.29) is 5.82 Å². The number of rotatable bonds is 6. The Hall–Kier alpha value is -1.70. The van der Waals surface area contributed by atoms with Gasteiger partial charge < -0.3 is 0 Å². The van der Waals surface area contributed by atoms with Gasteiger partial charge in [-0.15, -0.1) is 0 Å². The monoisotopic (exact) mass is 273 g/mol. The average Bonchev–Trinajstić information content (AvgIpc) is 2.45. The second-order valence-electron chi connectivity index (χ2n) is 5.17. The fraction of sp³-hybridized carbons (Fsp3) is 0.389. The van der Waals surface area contributed by atoms with Crippen molar-refractivity contribution < 1.29 is 4.39 Å². The summed E-state index contributed by atoms with van der Waals surface area (Å²) in [6.45, 7) is 12.2. The van der Waals surface area contributed by atoms with Gasteiger partial charge in [0.05, 0.1) is 0 Å². The van der Waals surface area contributed by atoms with Crippen molar-refractivity contribution in [3.05, 3.63) is 59.6 Å². The van der Waals surface area contributed by atoms with E-state index in [9.17, 15) is 4.39 Å². The molecule has 0 saturated carbocycles. The maximum Gasteiger partial charge on any atom is 0.123 e. The number of hydrogen-bond donors (Lipinski definition) is 0. The first kappa shape index (κ1) is 16.4. The van der Waals surface area contributed by atoms with Gasteiger partial charge in [0.1, 0.15) is 5.82 Å². The molecular weight excluding hydrogens is 249 g/mol. The smallest absolute Gasteiger partial charge is 0.123 e. The summed E-state index contributed by atoms with van der Waals surface area (Å²) in [5.74, 6) is 0.315. The maximum absolute atomic E-state index is 13.0. The molecule has 0 heterocycles. The highest BCUT2D eigenvalue weighted by Crippen LogP contribution is 2.22. The molecule has 0 aliphatic rings. The Balaban J connectivity index is 3.15. The van der Waals surface area contributed by atoms with Crippen LogP contribution in [-0.2, 0) is 6.42 Å². The highest BCUT2D eigenvalue weighted by molar-refractivity contribution is 5.99. The van der Waals surface area contributed by atoms with Gasteiger partial charge >= 0.3 is 0 Å². The zero-order valence-corrected chi connectivity index (χ0v) is 12.9. The lowest BCUT2D eigenvalue weighted by atomic mass is 9.89. The van der Waals surface area contributed by atoms with E-state index in [0.29, 0.717) is 5.92 Å². The lowest BCUT2D eigenvalue weighted by molar-refractivity contribution is 0.627. The quantitative estimate of drug-likeness (QED) is 0.621. The molecule has 0 aliphatic heterocycles. The minimum absolute atomic E-state index is 0.200. The van der Waals surface area contributed by atoms with Crippen molar-refractivity contribution in [1.29, 1.82) is 0 Å². The predicted octanol–water partition coefficient (Wildman–Crippen LogP) is 5.34. The molecule has 0 amide bonds. The Kier molecular flexibility index (Phi) is 6.37. The van der Waals surface area contributed by atoms with E-state index in [2.05, 4.69) is 32.3 Å². The standard InChI is InChI=1S/C18H24FN/c1-6-13(3)14(4)18(15(5)20-7-2)12-16-8-10-17(19)11-9-16/h7-11,13H,2,6,12H2,1,3-5H3/b18-14-,20-15?. The Bertz CT molecular complexity index is 509. The van der Waals surface area contributed by atoms with Crippen molar-refractivity contribution in [2.24, 2.45) is 10.9 Å². The lowest BCUT2D eigenvalue weighted by Crippen LogP contribution is -2.09. The zero-order chi connectivity index (χ0) is 15.1. The molecule has 1 rings (SSSR count). The molecule has 1 nitrogen and oxygen atoms in total. The SMILES string of the molecule is C=CN=C(C)/C(Cc1ccc(F)cc1)=C(/C)C(C)CC. The molecule has 0 fully saturated rings. The molecule has 0 radical (unpaired) electrons. The van der Waals surface area contributed by atoms with Gasteiger partial charge in [0.15, 0.2) is 0 Å². The average molecular weight is 273 g/mol. The molecular formula is C18H24FN. The van der Waals surface area contributed by atoms with Crippen LogP contribution in [0.1, 0.15) is 39.7 Å². The minimum atomic E-state index is -0.200. The fourth-order valence-electron chi connectivity index (χ4n) is 2.18. The second-order valence-corrected chi connectivity index (χ2v) is 5.17. The zero-order valence-electron chi connectivity index (χ0n) is 12.9. The van der Waals surface area contributed by atoms with Crippen molar-refractivity contribution >= 4 is 5.71 Å². The molecule has 2 heteroatoms. The Labute approximate surface area is 121 Å². The van der Waals surface area contributed by atoms with Crippen LogP contribution in [0.4, 0.5) is 4.39 Å². The normalized spacial score (nSPS) is 14.8. The van der Waals surface area contributed by atoms with Gasteiger partial charge in [-0.2, -0.15) is 0 Å². The first-order valence-electron chi connectivity index (χ1n) is 7.09. The van der Waals surface area contributed by atoms with E-state index in [1.54, 1.807) is 6.20 Å². The van der Waals surface area contributed by atoms with Crippen LogP contribution in [0.5, 0.6) is 0 Å². The van der Waals surface area contributed by atoms with E-state index in [1.807, 2.05) is 19.1 Å². The van der Waals surface area contributed by atoms with Crippen molar-refractivity contribution in [1.82, 2.24) is 0 Å². The van der Waals surface area contributed by atoms with Crippen LogP contribution < -0.4 is 0 Å². The number of hydrogen-bond acceptors (Lipinski definition) is 1. The summed E-state index contributed by atoms with van der Waals surface area (Å²) in [4.78, 5) is 4.33. The van der Waals surface area contributed by atoms with Crippen LogP contribution in [0.3, 0.4) is 0 Å². The largest absolute Gasteiger partial charge is 0.262 e. The first-order valence-corrected chi connectivity index (χ1v) is 7.09. The molecule has 1 aromatic carbocycles. The summed E-state index contributed by atoms with van der Waals surface area (Å²) in [7, 11) is 0. The van der Waals surface area contributed by atoms with Crippen molar-refractivity contribution in [3.63, 3.8) is 0 Å². The van der Waals surface area contributed by atoms with Crippen LogP contribution in [0.25, 0.3) is 0 Å². The Morgan fingerprint density at radius 2 is 1.90 bits per heavy atom. The number of aliphatic imine (C=N–C) groups is 1. The van der Waals surface area contributed by atoms with Crippen molar-refractivity contribution in [2.75, 3.05) is 0 Å². The summed E-state index contributed by atoms with van der Waals surface area (Å²) < 4.78 is 13.0. The van der Waals surface area contributed by atoms with Crippen LogP contribution >= 0.6 is 0 Å². The van der Waals surface area contributed by atoms with E-state index in [0.717, 1.165) is 24.1 Å². The van der Waals surface area contributed by atoms with Gasteiger partial charge in [-0.25, -0.2) is 4.39 Å². The Morgan fingerprint density at radius 1 is 1.30 bits per heavy atom. The number of nitrogens with zero attached hydrogens (tertiary/aromatic N) is 1. The molecule has 0 saturated heterocycles. The molecule has 0 aliphatic carbocycles. The molecule has 1 atom stereocenters. The highest BCUT2D eigenvalue weighted by atomic mass is 19.1. The van der Waals surface area contributed by atoms with Gasteiger partial charge in [-0.3, -0.25) is 4.99 Å².